The van der Waals surface area contributed by atoms with Gasteiger partial charge < -0.3 is 14.4 Å². The molecule has 2 aliphatic rings. The highest BCUT2D eigenvalue weighted by molar-refractivity contribution is 9.09. The summed E-state index contributed by atoms with van der Waals surface area (Å²) < 4.78 is 10.6. The van der Waals surface area contributed by atoms with Crippen LogP contribution in [0.3, 0.4) is 0 Å². The number of amides is 1. The van der Waals surface area contributed by atoms with E-state index in [2.05, 4.69) is 15.9 Å². The highest BCUT2D eigenvalue weighted by Crippen LogP contribution is 2.19. The summed E-state index contributed by atoms with van der Waals surface area (Å²) in [5.74, 6) is 0.310. The summed E-state index contributed by atoms with van der Waals surface area (Å²) in [5.41, 5.74) is 0. The Hall–Kier alpha value is -0.130. The zero-order chi connectivity index (χ0) is 10.7. The fraction of sp³-hybridized carbons (Fsp3) is 0.900. The second kappa shape index (κ2) is 5.27. The maximum atomic E-state index is 12.1. The van der Waals surface area contributed by atoms with Gasteiger partial charge in [-0.15, -0.1) is 0 Å². The zero-order valence-corrected chi connectivity index (χ0v) is 10.2. The van der Waals surface area contributed by atoms with Crippen molar-refractivity contribution in [2.75, 3.05) is 38.3 Å². The summed E-state index contributed by atoms with van der Waals surface area (Å²) in [7, 11) is 0. The smallest absolute Gasteiger partial charge is 0.228 e. The number of alkyl halides is 1. The maximum absolute atomic E-state index is 12.1. The third kappa shape index (κ3) is 2.52. The Labute approximate surface area is 98.0 Å². The van der Waals surface area contributed by atoms with Crippen LogP contribution in [0.4, 0.5) is 0 Å². The molecule has 2 atom stereocenters. The van der Waals surface area contributed by atoms with Crippen LogP contribution in [-0.2, 0) is 14.3 Å². The third-order valence-corrected chi connectivity index (χ3v) is 3.72. The molecule has 0 aliphatic carbocycles. The summed E-state index contributed by atoms with van der Waals surface area (Å²) >= 11 is 3.42. The van der Waals surface area contributed by atoms with Crippen LogP contribution < -0.4 is 0 Å². The van der Waals surface area contributed by atoms with E-state index in [4.69, 9.17) is 9.47 Å². The van der Waals surface area contributed by atoms with E-state index in [0.29, 0.717) is 26.4 Å². The van der Waals surface area contributed by atoms with Crippen molar-refractivity contribution < 1.29 is 14.3 Å². The standard InChI is InChI=1S/C10H16BrNO3/c11-5-9-7-15-4-2-12(9)10(13)8-1-3-14-6-8/h8-9H,1-7H2. The lowest BCUT2D eigenvalue weighted by atomic mass is 10.1. The molecule has 0 aromatic rings. The lowest BCUT2D eigenvalue weighted by Crippen LogP contribution is -2.51. The average Bonchev–Trinajstić information content (AvgIpc) is 2.81. The Balaban J connectivity index is 1.96. The van der Waals surface area contributed by atoms with E-state index in [1.165, 1.54) is 0 Å². The molecular formula is C10H16BrNO3. The molecule has 0 aromatic carbocycles. The molecule has 0 spiro atoms. The zero-order valence-electron chi connectivity index (χ0n) is 8.65. The second-order valence-electron chi connectivity index (χ2n) is 3.98. The van der Waals surface area contributed by atoms with Crippen molar-refractivity contribution in [1.82, 2.24) is 4.90 Å². The van der Waals surface area contributed by atoms with Crippen LogP contribution in [0, 0.1) is 5.92 Å². The van der Waals surface area contributed by atoms with Gasteiger partial charge in [0, 0.05) is 18.5 Å². The van der Waals surface area contributed by atoms with Crippen molar-refractivity contribution in [3.8, 4) is 0 Å². The van der Waals surface area contributed by atoms with E-state index in [1.807, 2.05) is 4.90 Å². The Morgan fingerprint density at radius 1 is 1.33 bits per heavy atom. The van der Waals surface area contributed by atoms with Crippen LogP contribution >= 0.6 is 15.9 Å². The number of morpholine rings is 1. The normalized spacial score (nSPS) is 31.9. The molecule has 0 radical (unpaired) electrons. The number of hydrogen-bond acceptors (Lipinski definition) is 3. The number of ether oxygens (including phenoxy) is 2. The third-order valence-electron chi connectivity index (χ3n) is 2.97. The first-order chi connectivity index (χ1) is 7.33. The molecule has 2 saturated heterocycles. The molecule has 0 aromatic heterocycles. The average molecular weight is 278 g/mol. The van der Waals surface area contributed by atoms with Crippen molar-refractivity contribution in [1.29, 1.82) is 0 Å². The molecule has 0 bridgehead atoms. The van der Waals surface area contributed by atoms with E-state index in [1.54, 1.807) is 0 Å². The fourth-order valence-electron chi connectivity index (χ4n) is 2.04. The van der Waals surface area contributed by atoms with E-state index in [0.717, 1.165) is 18.4 Å². The summed E-state index contributed by atoms with van der Waals surface area (Å²) in [6.07, 6.45) is 0.866. The number of nitrogens with zero attached hydrogens (tertiary/aromatic N) is 1. The molecule has 2 unspecified atom stereocenters. The van der Waals surface area contributed by atoms with E-state index >= 15 is 0 Å². The SMILES string of the molecule is O=C(C1CCOC1)N1CCOCC1CBr. The minimum atomic E-state index is 0.0737. The first-order valence-corrected chi connectivity index (χ1v) is 6.47. The molecule has 2 rings (SSSR count). The van der Waals surface area contributed by atoms with Gasteiger partial charge in [0.2, 0.25) is 5.91 Å². The van der Waals surface area contributed by atoms with Crippen molar-refractivity contribution >= 4 is 21.8 Å². The predicted octanol–water partition coefficient (Wildman–Crippen LogP) is 0.645. The van der Waals surface area contributed by atoms with Crippen LogP contribution in [-0.4, -0.2) is 55.2 Å². The fourth-order valence-corrected chi connectivity index (χ4v) is 2.57. The molecule has 15 heavy (non-hydrogen) atoms. The molecule has 5 heteroatoms. The van der Waals surface area contributed by atoms with Gasteiger partial charge in [0.05, 0.1) is 31.8 Å². The van der Waals surface area contributed by atoms with Gasteiger partial charge in [-0.1, -0.05) is 15.9 Å². The van der Waals surface area contributed by atoms with Gasteiger partial charge in [-0.3, -0.25) is 4.79 Å². The molecule has 86 valence electrons. The van der Waals surface area contributed by atoms with E-state index in [-0.39, 0.29) is 17.9 Å². The topological polar surface area (TPSA) is 38.8 Å². The molecule has 4 nitrogen and oxygen atoms in total. The van der Waals surface area contributed by atoms with Gasteiger partial charge in [-0.2, -0.15) is 0 Å². The van der Waals surface area contributed by atoms with Gasteiger partial charge in [0.25, 0.3) is 0 Å². The molecular weight excluding hydrogens is 262 g/mol. The van der Waals surface area contributed by atoms with Gasteiger partial charge in [-0.05, 0) is 6.42 Å². The van der Waals surface area contributed by atoms with Crippen molar-refractivity contribution in [2.24, 2.45) is 5.92 Å². The highest BCUT2D eigenvalue weighted by atomic mass is 79.9. The van der Waals surface area contributed by atoms with Crippen LogP contribution in [0.15, 0.2) is 0 Å². The molecule has 2 aliphatic heterocycles. The summed E-state index contributed by atoms with van der Waals surface area (Å²) in [5, 5.41) is 0.784. The minimum absolute atomic E-state index is 0.0737. The van der Waals surface area contributed by atoms with Crippen LogP contribution in [0.25, 0.3) is 0 Å². The summed E-state index contributed by atoms with van der Waals surface area (Å²) in [4.78, 5) is 14.1. The summed E-state index contributed by atoms with van der Waals surface area (Å²) in [6, 6.07) is 0.187. The number of carbonyl (C=O) groups excluding carboxylic acids is 1. The largest absolute Gasteiger partial charge is 0.381 e. The van der Waals surface area contributed by atoms with Crippen LogP contribution in [0.1, 0.15) is 6.42 Å². The molecule has 2 fully saturated rings. The highest BCUT2D eigenvalue weighted by Gasteiger charge is 2.33. The van der Waals surface area contributed by atoms with Gasteiger partial charge in [-0.25, -0.2) is 0 Å². The van der Waals surface area contributed by atoms with Crippen molar-refractivity contribution in [3.63, 3.8) is 0 Å². The lowest BCUT2D eigenvalue weighted by Gasteiger charge is -2.36. The molecule has 1 amide bonds. The Morgan fingerprint density at radius 2 is 2.13 bits per heavy atom. The first-order valence-electron chi connectivity index (χ1n) is 5.35. The van der Waals surface area contributed by atoms with Gasteiger partial charge >= 0.3 is 0 Å². The van der Waals surface area contributed by atoms with Crippen LogP contribution in [0.5, 0.6) is 0 Å². The monoisotopic (exact) mass is 277 g/mol. The Bertz CT molecular complexity index is 231. The number of rotatable bonds is 2. The first kappa shape index (κ1) is 11.4. The molecule has 2 heterocycles. The van der Waals surface area contributed by atoms with Crippen molar-refractivity contribution in [2.45, 2.75) is 12.5 Å². The predicted molar refractivity (Wildman–Crippen MR) is 59.0 cm³/mol. The number of hydrogen-bond donors (Lipinski definition) is 0. The lowest BCUT2D eigenvalue weighted by molar-refractivity contribution is -0.143. The van der Waals surface area contributed by atoms with Crippen LogP contribution in [0.2, 0.25) is 0 Å². The van der Waals surface area contributed by atoms with Gasteiger partial charge in [0.15, 0.2) is 0 Å². The maximum Gasteiger partial charge on any atom is 0.228 e. The quantitative estimate of drug-likeness (QED) is 0.696. The molecule has 0 N–H and O–H groups in total. The van der Waals surface area contributed by atoms with Crippen molar-refractivity contribution in [3.05, 3.63) is 0 Å². The van der Waals surface area contributed by atoms with E-state index < -0.39 is 0 Å². The van der Waals surface area contributed by atoms with E-state index in [9.17, 15) is 4.79 Å². The number of halogens is 1. The Kier molecular flexibility index (Phi) is 3.99. The second-order valence-corrected chi connectivity index (χ2v) is 4.62. The summed E-state index contributed by atoms with van der Waals surface area (Å²) in [6.45, 7) is 3.32. The van der Waals surface area contributed by atoms with Gasteiger partial charge in [0.1, 0.15) is 0 Å². The number of carbonyl (C=O) groups is 1. The molecule has 0 saturated carbocycles. The Morgan fingerprint density at radius 3 is 2.80 bits per heavy atom. The minimum Gasteiger partial charge on any atom is -0.381 e.